The summed E-state index contributed by atoms with van der Waals surface area (Å²) in [7, 11) is 0. The fraction of sp³-hybridized carbons (Fsp3) is 0.133. The van der Waals surface area contributed by atoms with Gasteiger partial charge in [0, 0.05) is 4.47 Å². The molecule has 0 saturated carbocycles. The second-order valence-corrected chi connectivity index (χ2v) is 5.56. The number of oxazole rings is 1. The third kappa shape index (κ3) is 1.94. The standard InChI is InChI=1S/C15H11BrN2O2/c16-9-5-6-13-11(7-9)18-15(20-13)14-8-17-10-3-1-2-4-12(10)19-14/h1-7,14,17H,8H2. The van der Waals surface area contributed by atoms with Crippen molar-refractivity contribution in [3.63, 3.8) is 0 Å². The van der Waals surface area contributed by atoms with Gasteiger partial charge in [0.15, 0.2) is 11.7 Å². The molecule has 0 spiro atoms. The zero-order chi connectivity index (χ0) is 13.5. The van der Waals surface area contributed by atoms with Crippen LogP contribution in [-0.4, -0.2) is 11.5 Å². The van der Waals surface area contributed by atoms with Gasteiger partial charge < -0.3 is 14.5 Å². The van der Waals surface area contributed by atoms with Crippen LogP contribution < -0.4 is 10.1 Å². The molecule has 1 aromatic heterocycles. The first kappa shape index (κ1) is 11.8. The summed E-state index contributed by atoms with van der Waals surface area (Å²) in [5.74, 6) is 1.42. The summed E-state index contributed by atoms with van der Waals surface area (Å²) in [5.41, 5.74) is 2.60. The van der Waals surface area contributed by atoms with Gasteiger partial charge in [0.05, 0.1) is 12.2 Å². The van der Waals surface area contributed by atoms with Crippen molar-refractivity contribution >= 4 is 32.7 Å². The SMILES string of the molecule is Brc1ccc2oc(C3CNc4ccccc4O3)nc2c1. The molecule has 100 valence electrons. The fourth-order valence-electron chi connectivity index (χ4n) is 2.31. The molecule has 2 aromatic carbocycles. The van der Waals surface area contributed by atoms with Gasteiger partial charge >= 0.3 is 0 Å². The number of nitrogens with zero attached hydrogens (tertiary/aromatic N) is 1. The molecule has 0 aliphatic carbocycles. The highest BCUT2D eigenvalue weighted by Gasteiger charge is 2.25. The summed E-state index contributed by atoms with van der Waals surface area (Å²) in [6, 6.07) is 13.6. The highest BCUT2D eigenvalue weighted by Crippen LogP contribution is 2.34. The molecule has 1 unspecified atom stereocenters. The summed E-state index contributed by atoms with van der Waals surface area (Å²) in [6.07, 6.45) is -0.212. The van der Waals surface area contributed by atoms with E-state index in [0.29, 0.717) is 12.4 Å². The minimum Gasteiger partial charge on any atom is -0.477 e. The molecule has 4 rings (SSSR count). The lowest BCUT2D eigenvalue weighted by Crippen LogP contribution is -2.23. The van der Waals surface area contributed by atoms with Crippen molar-refractivity contribution in [2.45, 2.75) is 6.10 Å². The van der Waals surface area contributed by atoms with Crippen LogP contribution in [0.3, 0.4) is 0 Å². The van der Waals surface area contributed by atoms with E-state index >= 15 is 0 Å². The molecular weight excluding hydrogens is 320 g/mol. The Kier molecular flexibility index (Phi) is 2.67. The molecule has 0 fully saturated rings. The zero-order valence-electron chi connectivity index (χ0n) is 10.5. The third-order valence-electron chi connectivity index (χ3n) is 3.28. The summed E-state index contributed by atoms with van der Waals surface area (Å²) in [6.45, 7) is 0.644. The molecule has 1 aliphatic heterocycles. The van der Waals surface area contributed by atoms with Crippen LogP contribution in [0.5, 0.6) is 5.75 Å². The van der Waals surface area contributed by atoms with E-state index in [-0.39, 0.29) is 6.10 Å². The summed E-state index contributed by atoms with van der Waals surface area (Å²) in [4.78, 5) is 4.51. The Bertz CT molecular complexity index is 784. The van der Waals surface area contributed by atoms with Crippen LogP contribution >= 0.6 is 15.9 Å². The number of ether oxygens (including phenoxy) is 1. The van der Waals surface area contributed by atoms with Gasteiger partial charge in [-0.25, -0.2) is 4.98 Å². The maximum absolute atomic E-state index is 5.95. The van der Waals surface area contributed by atoms with Crippen molar-refractivity contribution in [3.8, 4) is 5.75 Å². The molecular formula is C15H11BrN2O2. The average Bonchev–Trinajstić information content (AvgIpc) is 2.89. The Labute approximate surface area is 123 Å². The van der Waals surface area contributed by atoms with Crippen LogP contribution in [-0.2, 0) is 0 Å². The van der Waals surface area contributed by atoms with Crippen LogP contribution in [0.2, 0.25) is 0 Å². The average molecular weight is 331 g/mol. The summed E-state index contributed by atoms with van der Waals surface area (Å²) in [5, 5.41) is 3.33. The van der Waals surface area contributed by atoms with E-state index in [1.54, 1.807) is 0 Å². The van der Waals surface area contributed by atoms with E-state index in [4.69, 9.17) is 9.15 Å². The zero-order valence-corrected chi connectivity index (χ0v) is 12.1. The molecule has 5 heteroatoms. The number of para-hydroxylation sites is 2. The van der Waals surface area contributed by atoms with Crippen molar-refractivity contribution in [1.29, 1.82) is 0 Å². The highest BCUT2D eigenvalue weighted by molar-refractivity contribution is 9.10. The monoisotopic (exact) mass is 330 g/mol. The molecule has 0 bridgehead atoms. The fourth-order valence-corrected chi connectivity index (χ4v) is 2.66. The van der Waals surface area contributed by atoms with Gasteiger partial charge in [-0.15, -0.1) is 0 Å². The first-order chi connectivity index (χ1) is 9.79. The van der Waals surface area contributed by atoms with Crippen LogP contribution in [0.1, 0.15) is 12.0 Å². The smallest absolute Gasteiger partial charge is 0.238 e. The quantitative estimate of drug-likeness (QED) is 0.728. The second kappa shape index (κ2) is 4.52. The number of anilines is 1. The molecule has 0 amide bonds. The molecule has 1 aliphatic rings. The van der Waals surface area contributed by atoms with E-state index in [2.05, 4.69) is 26.2 Å². The molecule has 1 N–H and O–H groups in total. The van der Waals surface area contributed by atoms with Crippen molar-refractivity contribution < 1.29 is 9.15 Å². The Hall–Kier alpha value is -2.01. The van der Waals surface area contributed by atoms with Gasteiger partial charge in [-0.05, 0) is 30.3 Å². The lowest BCUT2D eigenvalue weighted by atomic mass is 10.2. The Morgan fingerprint density at radius 3 is 3.05 bits per heavy atom. The second-order valence-electron chi connectivity index (χ2n) is 4.65. The normalized spacial score (nSPS) is 17.4. The van der Waals surface area contributed by atoms with Gasteiger partial charge in [0.25, 0.3) is 0 Å². The van der Waals surface area contributed by atoms with Gasteiger partial charge in [-0.1, -0.05) is 28.1 Å². The number of halogens is 1. The maximum atomic E-state index is 5.95. The van der Waals surface area contributed by atoms with Gasteiger partial charge in [-0.3, -0.25) is 0 Å². The Balaban J connectivity index is 1.70. The lowest BCUT2D eigenvalue weighted by Gasteiger charge is -2.25. The Morgan fingerprint density at radius 1 is 1.20 bits per heavy atom. The minimum absolute atomic E-state index is 0.212. The first-order valence-corrected chi connectivity index (χ1v) is 7.14. The molecule has 0 radical (unpaired) electrons. The summed E-state index contributed by atoms with van der Waals surface area (Å²) < 4.78 is 12.7. The van der Waals surface area contributed by atoms with Gasteiger partial charge in [0.2, 0.25) is 5.89 Å². The largest absolute Gasteiger partial charge is 0.477 e. The van der Waals surface area contributed by atoms with Crippen molar-refractivity contribution in [2.75, 3.05) is 11.9 Å². The summed E-state index contributed by atoms with van der Waals surface area (Å²) >= 11 is 3.43. The van der Waals surface area contributed by atoms with Crippen LogP contribution in [0.15, 0.2) is 51.4 Å². The van der Waals surface area contributed by atoms with E-state index in [1.807, 2.05) is 42.5 Å². The molecule has 20 heavy (non-hydrogen) atoms. The number of hydrogen-bond acceptors (Lipinski definition) is 4. The Morgan fingerprint density at radius 2 is 2.10 bits per heavy atom. The number of rotatable bonds is 1. The van der Waals surface area contributed by atoms with E-state index < -0.39 is 0 Å². The number of aromatic nitrogens is 1. The van der Waals surface area contributed by atoms with Crippen LogP contribution in [0.4, 0.5) is 5.69 Å². The molecule has 2 heterocycles. The number of benzene rings is 2. The third-order valence-corrected chi connectivity index (χ3v) is 3.77. The topological polar surface area (TPSA) is 47.3 Å². The van der Waals surface area contributed by atoms with Crippen LogP contribution in [0.25, 0.3) is 11.1 Å². The van der Waals surface area contributed by atoms with Crippen molar-refractivity contribution in [2.24, 2.45) is 0 Å². The lowest BCUT2D eigenvalue weighted by molar-refractivity contribution is 0.177. The van der Waals surface area contributed by atoms with Crippen molar-refractivity contribution in [1.82, 2.24) is 4.98 Å². The van der Waals surface area contributed by atoms with Gasteiger partial charge in [-0.2, -0.15) is 0 Å². The maximum Gasteiger partial charge on any atom is 0.238 e. The molecule has 0 saturated heterocycles. The van der Waals surface area contributed by atoms with Crippen molar-refractivity contribution in [3.05, 3.63) is 52.8 Å². The predicted octanol–water partition coefficient (Wildman–Crippen LogP) is 4.14. The van der Waals surface area contributed by atoms with E-state index in [1.165, 1.54) is 0 Å². The van der Waals surface area contributed by atoms with Gasteiger partial charge in [0.1, 0.15) is 11.3 Å². The molecule has 1 atom stereocenters. The highest BCUT2D eigenvalue weighted by atomic mass is 79.9. The number of fused-ring (bicyclic) bond motifs is 2. The molecule has 3 aromatic rings. The van der Waals surface area contributed by atoms with Crippen LogP contribution in [0, 0.1) is 0 Å². The molecule has 4 nitrogen and oxygen atoms in total. The first-order valence-electron chi connectivity index (χ1n) is 6.35. The van der Waals surface area contributed by atoms with E-state index in [0.717, 1.165) is 27.0 Å². The number of hydrogen-bond donors (Lipinski definition) is 1. The minimum atomic E-state index is -0.212. The predicted molar refractivity (Wildman–Crippen MR) is 80.0 cm³/mol. The number of nitrogens with one attached hydrogen (secondary N) is 1. The van der Waals surface area contributed by atoms with E-state index in [9.17, 15) is 0 Å².